The topological polar surface area (TPSA) is 185 Å². The Labute approximate surface area is 592 Å². The van der Waals surface area contributed by atoms with Crippen molar-refractivity contribution in [1.29, 1.82) is 0 Å². The van der Waals surface area contributed by atoms with Gasteiger partial charge in [-0.25, -0.2) is 0 Å². The smallest absolute Gasteiger partial charge is 0.303 e. The van der Waals surface area contributed by atoms with Gasteiger partial charge in [-0.1, -0.05) is 250 Å². The number of benzene rings is 8. The maximum absolute atomic E-state index is 13.1. The van der Waals surface area contributed by atoms with E-state index in [1.807, 2.05) is 263 Å². The number of rotatable bonds is 32. The fourth-order valence-corrected chi connectivity index (χ4v) is 13.4. The first kappa shape index (κ1) is 73.3. The lowest BCUT2D eigenvalue weighted by Crippen LogP contribution is -2.67. The van der Waals surface area contributed by atoms with Crippen LogP contribution in [0, 0.1) is 5.92 Å². The van der Waals surface area contributed by atoms with Crippen LogP contribution in [-0.2, 0) is 133 Å². The fraction of sp³-hybridized carbons (Fsp3) is 0.410. The predicted octanol–water partition coefficient (Wildman–Crippen LogP) is 13.0. The molecule has 18 heteroatoms. The van der Waals surface area contributed by atoms with E-state index in [1.165, 1.54) is 6.92 Å². The van der Waals surface area contributed by atoms with Gasteiger partial charge in [0.15, 0.2) is 31.3 Å². The fourth-order valence-electron chi connectivity index (χ4n) is 13.4. The molecule has 0 aromatic heterocycles. The minimum atomic E-state index is -1.62. The molecule has 0 saturated carbocycles. The molecule has 0 spiro atoms. The summed E-state index contributed by atoms with van der Waals surface area (Å²) in [6, 6.07) is 79.2. The molecule has 20 atom stereocenters. The summed E-state index contributed by atoms with van der Waals surface area (Å²) in [4.78, 5) is 13.1. The molecule has 9 unspecified atom stereocenters. The Morgan fingerprint density at radius 3 is 0.990 bits per heavy atom. The lowest BCUT2D eigenvalue weighted by Gasteiger charge is -2.52. The van der Waals surface area contributed by atoms with Gasteiger partial charge in [0.2, 0.25) is 0 Å². The molecule has 4 aliphatic heterocycles. The number of carbonyl (C=O) groups excluding carboxylic acids is 1. The van der Waals surface area contributed by atoms with E-state index in [-0.39, 0.29) is 52.9 Å². The molecular weight excluding hydrogens is 1280 g/mol. The number of ether oxygens (including phenoxy) is 16. The SMILES string of the molecule is CC(=O)OC1C(O)OC(C)[C@H](OCc2ccccc2)[C@H]1O[C@@H]1OC(C)[C@H](OCc2ccccc2)[C@@H](OCc2ccccc2)C1O[C@@H]1OC(C)[C@H](OCc2ccccc2)[C@@H](O[C@H]2O[C@H](COCc3ccccc3)[C@@H](OCc3ccccc3)C(OCc3ccccc3)C2OCc2ccccc2)C1C. The zero-order valence-electron chi connectivity index (χ0n) is 57.9. The molecule has 0 bridgehead atoms. The van der Waals surface area contributed by atoms with Crippen LogP contribution in [0.1, 0.15) is 79.1 Å². The highest BCUT2D eigenvalue weighted by atomic mass is 16.8. The second-order valence-electron chi connectivity index (χ2n) is 26.3. The lowest BCUT2D eigenvalue weighted by molar-refractivity contribution is -0.396. The van der Waals surface area contributed by atoms with Crippen LogP contribution >= 0.6 is 0 Å². The third-order valence-corrected chi connectivity index (χ3v) is 18.7. The van der Waals surface area contributed by atoms with E-state index in [9.17, 15) is 9.90 Å². The molecule has 1 N–H and O–H groups in total. The first-order valence-corrected chi connectivity index (χ1v) is 35.1. The molecule has 0 aliphatic carbocycles. The van der Waals surface area contributed by atoms with Crippen LogP contribution in [-0.4, -0.2) is 134 Å². The van der Waals surface area contributed by atoms with E-state index in [0.29, 0.717) is 6.61 Å². The molecule has 12 rings (SSSR count). The van der Waals surface area contributed by atoms with Crippen molar-refractivity contribution < 1.29 is 85.7 Å². The predicted molar refractivity (Wildman–Crippen MR) is 374 cm³/mol. The summed E-state index contributed by atoms with van der Waals surface area (Å²) in [5, 5.41) is 11.8. The Balaban J connectivity index is 0.941. The van der Waals surface area contributed by atoms with Gasteiger partial charge >= 0.3 is 5.97 Å². The van der Waals surface area contributed by atoms with Gasteiger partial charge in [0.05, 0.1) is 83.9 Å². The van der Waals surface area contributed by atoms with Crippen LogP contribution in [0.15, 0.2) is 243 Å². The highest BCUT2D eigenvalue weighted by Gasteiger charge is 2.57. The quantitative estimate of drug-likeness (QED) is 0.0392. The number of aliphatic hydroxyl groups excluding tert-OH is 1. The van der Waals surface area contributed by atoms with Gasteiger partial charge in [-0.15, -0.1) is 0 Å². The van der Waals surface area contributed by atoms with E-state index in [2.05, 4.69) is 0 Å². The van der Waals surface area contributed by atoms with Crippen LogP contribution in [0.4, 0.5) is 0 Å². The standard InChI is InChI=1S/C83H94O18/c1-55-69(99-82-78(93-53-67-44-28-13-29-45-67)75(92-52-66-42-26-12-27-43-66)73(90-50-64-38-22-10-23-39-64)68(98-82)54-86-46-60-30-14-6-15-31-60)70(87-47-61-32-16-7-17-33-61)57(3)95-81(55)101-79-74(91-51-65-40-24-11-25-41-65)71(88-48-62-34-18-8-19-35-62)58(4)96-83(79)100-76-72(89-49-63-36-20-9-21-37-63)56(2)94-80(85)77(76)97-59(5)84/h6-45,55-58,68-83,85H,46-54H2,1-5H3/t55?,56?,57?,58?,68-,69+,70+,71+,72+,73-,74-,75?,76-,77?,78?,79?,80?,81+,82-,83+/m1/s1. The van der Waals surface area contributed by atoms with E-state index in [0.717, 1.165) is 44.5 Å². The Morgan fingerprint density at radius 2 is 0.594 bits per heavy atom. The zero-order chi connectivity index (χ0) is 69.7. The Bertz CT molecular complexity index is 3650. The van der Waals surface area contributed by atoms with Gasteiger partial charge in [-0.2, -0.15) is 0 Å². The maximum atomic E-state index is 13.1. The number of carbonyl (C=O) groups is 1. The molecule has 8 aromatic rings. The lowest BCUT2D eigenvalue weighted by atomic mass is 9.91. The highest BCUT2D eigenvalue weighted by molar-refractivity contribution is 5.66. The van der Waals surface area contributed by atoms with Crippen molar-refractivity contribution in [2.75, 3.05) is 6.61 Å². The van der Waals surface area contributed by atoms with Gasteiger partial charge in [-0.3, -0.25) is 4.79 Å². The monoisotopic (exact) mass is 1380 g/mol. The molecular formula is C83H94O18. The summed E-state index contributed by atoms with van der Waals surface area (Å²) in [7, 11) is 0. The number of hydrogen-bond donors (Lipinski definition) is 1. The van der Waals surface area contributed by atoms with Crippen LogP contribution in [0.5, 0.6) is 0 Å². The average Bonchev–Trinajstić information content (AvgIpc) is 0.767. The van der Waals surface area contributed by atoms with E-state index >= 15 is 0 Å². The maximum Gasteiger partial charge on any atom is 0.303 e. The third kappa shape index (κ3) is 20.3. The van der Waals surface area contributed by atoms with Gasteiger partial charge in [0, 0.05) is 12.8 Å². The van der Waals surface area contributed by atoms with E-state index in [1.54, 1.807) is 6.92 Å². The molecule has 0 radical (unpaired) electrons. The van der Waals surface area contributed by atoms with Crippen LogP contribution in [0.25, 0.3) is 0 Å². The summed E-state index contributed by atoms with van der Waals surface area (Å²) >= 11 is 0. The number of hydrogen-bond acceptors (Lipinski definition) is 18. The van der Waals surface area contributed by atoms with Crippen molar-refractivity contribution in [3.05, 3.63) is 287 Å². The zero-order valence-corrected chi connectivity index (χ0v) is 57.9. The van der Waals surface area contributed by atoms with Gasteiger partial charge in [0.1, 0.15) is 61.0 Å². The molecule has 0 amide bonds. The molecule has 8 aromatic carbocycles. The molecule has 4 heterocycles. The number of esters is 1. The normalized spacial score (nSPS) is 29.8. The molecule has 4 fully saturated rings. The van der Waals surface area contributed by atoms with Crippen molar-refractivity contribution in [3.8, 4) is 0 Å². The average molecular weight is 1380 g/mol. The first-order valence-electron chi connectivity index (χ1n) is 35.1. The highest BCUT2D eigenvalue weighted by Crippen LogP contribution is 2.41. The Morgan fingerprint density at radius 1 is 0.307 bits per heavy atom. The van der Waals surface area contributed by atoms with E-state index < -0.39 is 129 Å². The first-order chi connectivity index (χ1) is 49.5. The van der Waals surface area contributed by atoms with Crippen LogP contribution < -0.4 is 0 Å². The largest absolute Gasteiger partial charge is 0.454 e. The molecule has 101 heavy (non-hydrogen) atoms. The molecule has 534 valence electrons. The summed E-state index contributed by atoms with van der Waals surface area (Å²) in [5.74, 6) is -1.39. The second-order valence-corrected chi connectivity index (χ2v) is 26.3. The van der Waals surface area contributed by atoms with Crippen molar-refractivity contribution >= 4 is 5.97 Å². The van der Waals surface area contributed by atoms with Crippen LogP contribution in [0.3, 0.4) is 0 Å². The van der Waals surface area contributed by atoms with Crippen molar-refractivity contribution in [1.82, 2.24) is 0 Å². The summed E-state index contributed by atoms with van der Waals surface area (Å²) < 4.78 is 113. The number of aliphatic hydroxyl groups is 1. The summed E-state index contributed by atoms with van der Waals surface area (Å²) in [6.45, 7) is 10.5. The summed E-state index contributed by atoms with van der Waals surface area (Å²) in [5.41, 5.74) is 7.43. The summed E-state index contributed by atoms with van der Waals surface area (Å²) in [6.07, 6.45) is -19.0. The second kappa shape index (κ2) is 37.2. The minimum Gasteiger partial charge on any atom is -0.454 e. The minimum absolute atomic E-state index is 0.0863. The van der Waals surface area contributed by atoms with Gasteiger partial charge in [0.25, 0.3) is 0 Å². The van der Waals surface area contributed by atoms with Crippen molar-refractivity contribution in [2.45, 2.75) is 204 Å². The Kier molecular flexibility index (Phi) is 27.0. The Hall–Kier alpha value is -7.41. The van der Waals surface area contributed by atoms with E-state index in [4.69, 9.17) is 75.8 Å². The molecule has 4 saturated heterocycles. The van der Waals surface area contributed by atoms with Crippen LogP contribution in [0.2, 0.25) is 0 Å². The molecule has 18 nitrogen and oxygen atoms in total. The van der Waals surface area contributed by atoms with Crippen molar-refractivity contribution in [3.63, 3.8) is 0 Å². The van der Waals surface area contributed by atoms with Crippen molar-refractivity contribution in [2.24, 2.45) is 5.92 Å². The third-order valence-electron chi connectivity index (χ3n) is 18.7. The van der Waals surface area contributed by atoms with Gasteiger partial charge < -0.3 is 80.9 Å². The van der Waals surface area contributed by atoms with Gasteiger partial charge in [-0.05, 0) is 65.3 Å². The molecule has 4 aliphatic rings.